The minimum atomic E-state index is -0.109. The van der Waals surface area contributed by atoms with Crippen LogP contribution < -0.4 is 0 Å². The highest BCUT2D eigenvalue weighted by Crippen LogP contribution is 2.58. The molecular formula is C9H16O3. The normalized spacial score (nSPS) is 31.3. The zero-order chi connectivity index (χ0) is 9.35. The topological polar surface area (TPSA) is 35.5 Å². The molecule has 0 aliphatic heterocycles. The molecule has 0 aromatic heterocycles. The van der Waals surface area contributed by atoms with Gasteiger partial charge in [-0.3, -0.25) is 4.79 Å². The van der Waals surface area contributed by atoms with Crippen molar-refractivity contribution in [1.29, 1.82) is 0 Å². The molecule has 1 rings (SSSR count). The smallest absolute Gasteiger partial charge is 0.309 e. The standard InChI is InChI=1S/C9H16O3/c1-9(2)6(5-11-3)7(9)8(10)12-4/h6-7H,5H2,1-4H3. The van der Waals surface area contributed by atoms with E-state index in [0.717, 1.165) is 0 Å². The second-order valence-electron chi connectivity index (χ2n) is 3.88. The molecule has 2 unspecified atom stereocenters. The number of esters is 1. The number of carbonyl (C=O) groups excluding carboxylic acids is 1. The summed E-state index contributed by atoms with van der Waals surface area (Å²) in [6.07, 6.45) is 0. The van der Waals surface area contributed by atoms with Crippen LogP contribution in [0.5, 0.6) is 0 Å². The van der Waals surface area contributed by atoms with Gasteiger partial charge in [-0.25, -0.2) is 0 Å². The van der Waals surface area contributed by atoms with Gasteiger partial charge in [0.2, 0.25) is 0 Å². The summed E-state index contributed by atoms with van der Waals surface area (Å²) >= 11 is 0. The van der Waals surface area contributed by atoms with Crippen molar-refractivity contribution >= 4 is 5.97 Å². The van der Waals surface area contributed by atoms with Crippen molar-refractivity contribution in [3.05, 3.63) is 0 Å². The van der Waals surface area contributed by atoms with E-state index in [4.69, 9.17) is 9.47 Å². The third-order valence-electron chi connectivity index (χ3n) is 2.85. The molecule has 70 valence electrons. The lowest BCUT2D eigenvalue weighted by Gasteiger charge is -1.99. The summed E-state index contributed by atoms with van der Waals surface area (Å²) in [5.41, 5.74) is 0.0586. The molecule has 0 heterocycles. The van der Waals surface area contributed by atoms with Gasteiger partial charge in [-0.1, -0.05) is 13.8 Å². The highest BCUT2D eigenvalue weighted by Gasteiger charge is 2.62. The SMILES string of the molecule is COCC1C(C(=O)OC)C1(C)C. The Hall–Kier alpha value is -0.570. The molecule has 0 amide bonds. The van der Waals surface area contributed by atoms with E-state index in [1.807, 2.05) is 0 Å². The van der Waals surface area contributed by atoms with Crippen LogP contribution in [0.25, 0.3) is 0 Å². The van der Waals surface area contributed by atoms with Crippen LogP contribution in [0, 0.1) is 17.3 Å². The Labute approximate surface area is 73.0 Å². The molecular weight excluding hydrogens is 156 g/mol. The second kappa shape index (κ2) is 3.05. The molecule has 1 aliphatic carbocycles. The number of hydrogen-bond donors (Lipinski definition) is 0. The van der Waals surface area contributed by atoms with Gasteiger partial charge in [-0.15, -0.1) is 0 Å². The molecule has 2 atom stereocenters. The Morgan fingerprint density at radius 2 is 2.00 bits per heavy atom. The van der Waals surface area contributed by atoms with Gasteiger partial charge < -0.3 is 9.47 Å². The van der Waals surface area contributed by atoms with Crippen LogP contribution in [0.2, 0.25) is 0 Å². The summed E-state index contributed by atoms with van der Waals surface area (Å²) in [5.74, 6) is 0.249. The van der Waals surface area contributed by atoms with Gasteiger partial charge in [-0.2, -0.15) is 0 Å². The fourth-order valence-corrected chi connectivity index (χ4v) is 1.83. The molecule has 0 spiro atoms. The van der Waals surface area contributed by atoms with Crippen LogP contribution >= 0.6 is 0 Å². The van der Waals surface area contributed by atoms with Crippen molar-refractivity contribution in [1.82, 2.24) is 0 Å². The zero-order valence-corrected chi connectivity index (χ0v) is 8.09. The van der Waals surface area contributed by atoms with Gasteiger partial charge in [0.15, 0.2) is 0 Å². The first kappa shape index (κ1) is 9.52. The van der Waals surface area contributed by atoms with Crippen molar-refractivity contribution in [2.24, 2.45) is 17.3 Å². The predicted octanol–water partition coefficient (Wildman–Crippen LogP) is 1.08. The van der Waals surface area contributed by atoms with E-state index in [0.29, 0.717) is 12.5 Å². The number of hydrogen-bond acceptors (Lipinski definition) is 3. The van der Waals surface area contributed by atoms with E-state index in [-0.39, 0.29) is 17.3 Å². The molecule has 3 nitrogen and oxygen atoms in total. The number of carbonyl (C=O) groups is 1. The van der Waals surface area contributed by atoms with Crippen LogP contribution in [0.4, 0.5) is 0 Å². The van der Waals surface area contributed by atoms with E-state index in [2.05, 4.69) is 13.8 Å². The van der Waals surface area contributed by atoms with Crippen LogP contribution in [0.1, 0.15) is 13.8 Å². The Bertz CT molecular complexity index is 186. The fraction of sp³-hybridized carbons (Fsp3) is 0.889. The molecule has 1 saturated carbocycles. The third-order valence-corrected chi connectivity index (χ3v) is 2.85. The molecule has 3 heteroatoms. The number of ether oxygens (including phenoxy) is 2. The maximum absolute atomic E-state index is 11.2. The lowest BCUT2D eigenvalue weighted by Crippen LogP contribution is -2.07. The van der Waals surface area contributed by atoms with Crippen LogP contribution in [0.3, 0.4) is 0 Å². The van der Waals surface area contributed by atoms with Gasteiger partial charge in [0.25, 0.3) is 0 Å². The molecule has 12 heavy (non-hydrogen) atoms. The lowest BCUT2D eigenvalue weighted by molar-refractivity contribution is -0.143. The van der Waals surface area contributed by atoms with Crippen molar-refractivity contribution in [2.75, 3.05) is 20.8 Å². The first-order chi connectivity index (χ1) is 5.55. The Morgan fingerprint density at radius 1 is 1.42 bits per heavy atom. The van der Waals surface area contributed by atoms with Gasteiger partial charge in [0.1, 0.15) is 0 Å². The summed E-state index contributed by atoms with van der Waals surface area (Å²) in [6, 6.07) is 0. The molecule has 0 bridgehead atoms. The summed E-state index contributed by atoms with van der Waals surface area (Å²) in [5, 5.41) is 0. The molecule has 1 fully saturated rings. The van der Waals surface area contributed by atoms with E-state index >= 15 is 0 Å². The van der Waals surface area contributed by atoms with Crippen molar-refractivity contribution in [2.45, 2.75) is 13.8 Å². The quantitative estimate of drug-likeness (QED) is 0.597. The predicted molar refractivity (Wildman–Crippen MR) is 44.7 cm³/mol. The Balaban J connectivity index is 2.53. The molecule has 0 saturated heterocycles. The molecule has 0 N–H and O–H groups in total. The maximum atomic E-state index is 11.2. The fourth-order valence-electron chi connectivity index (χ4n) is 1.83. The highest BCUT2D eigenvalue weighted by molar-refractivity contribution is 5.77. The van der Waals surface area contributed by atoms with E-state index in [1.54, 1.807) is 7.11 Å². The van der Waals surface area contributed by atoms with E-state index in [1.165, 1.54) is 7.11 Å². The van der Waals surface area contributed by atoms with Gasteiger partial charge in [0.05, 0.1) is 19.6 Å². The highest BCUT2D eigenvalue weighted by atomic mass is 16.5. The van der Waals surface area contributed by atoms with Crippen LogP contribution in [-0.4, -0.2) is 26.8 Å². The molecule has 0 aromatic rings. The second-order valence-corrected chi connectivity index (χ2v) is 3.88. The maximum Gasteiger partial charge on any atom is 0.309 e. The average Bonchev–Trinajstić information content (AvgIpc) is 2.53. The van der Waals surface area contributed by atoms with Crippen LogP contribution in [0.15, 0.2) is 0 Å². The summed E-state index contributed by atoms with van der Waals surface area (Å²) < 4.78 is 9.71. The summed E-state index contributed by atoms with van der Waals surface area (Å²) in [7, 11) is 3.09. The monoisotopic (exact) mass is 172 g/mol. The van der Waals surface area contributed by atoms with E-state index in [9.17, 15) is 4.79 Å². The van der Waals surface area contributed by atoms with Gasteiger partial charge in [0, 0.05) is 13.0 Å². The largest absolute Gasteiger partial charge is 0.469 e. The van der Waals surface area contributed by atoms with Crippen molar-refractivity contribution < 1.29 is 14.3 Å². The summed E-state index contributed by atoms with van der Waals surface area (Å²) in [4.78, 5) is 11.2. The molecule has 0 aromatic carbocycles. The first-order valence-corrected chi connectivity index (χ1v) is 4.12. The minimum Gasteiger partial charge on any atom is -0.469 e. The number of rotatable bonds is 3. The lowest BCUT2D eigenvalue weighted by atomic mass is 10.1. The van der Waals surface area contributed by atoms with Gasteiger partial charge >= 0.3 is 5.97 Å². The zero-order valence-electron chi connectivity index (χ0n) is 8.09. The Morgan fingerprint density at radius 3 is 2.42 bits per heavy atom. The third kappa shape index (κ3) is 1.33. The van der Waals surface area contributed by atoms with Crippen molar-refractivity contribution in [3.8, 4) is 0 Å². The first-order valence-electron chi connectivity index (χ1n) is 4.12. The van der Waals surface area contributed by atoms with Crippen molar-refractivity contribution in [3.63, 3.8) is 0 Å². The summed E-state index contributed by atoms with van der Waals surface area (Å²) in [6.45, 7) is 4.78. The van der Waals surface area contributed by atoms with Gasteiger partial charge in [-0.05, 0) is 5.41 Å². The van der Waals surface area contributed by atoms with E-state index < -0.39 is 0 Å². The van der Waals surface area contributed by atoms with Crippen LogP contribution in [-0.2, 0) is 14.3 Å². The molecule has 0 radical (unpaired) electrons. The Kier molecular flexibility index (Phi) is 2.42. The average molecular weight is 172 g/mol. The molecule has 1 aliphatic rings. The number of methoxy groups -OCH3 is 2. The minimum absolute atomic E-state index is 0.0300.